The molecule has 0 bridgehead atoms. The van der Waals surface area contributed by atoms with Crippen LogP contribution in [0.25, 0.3) is 0 Å². The molecule has 0 aliphatic heterocycles. The van der Waals surface area contributed by atoms with Crippen molar-refractivity contribution in [1.29, 1.82) is 0 Å². The Morgan fingerprint density at radius 2 is 0.774 bits per heavy atom. The molecule has 3 rings (SSSR count). The highest BCUT2D eigenvalue weighted by Gasteiger charge is 2.39. The molecular formula is C19H5F10NO. The third-order valence-electron chi connectivity index (χ3n) is 4.09. The molecule has 0 radical (unpaired) electrons. The minimum atomic E-state index is -2.70. The zero-order valence-electron chi connectivity index (χ0n) is 14.5. The van der Waals surface area contributed by atoms with E-state index < -0.39 is 85.4 Å². The molecule has 31 heavy (non-hydrogen) atoms. The fourth-order valence-corrected chi connectivity index (χ4v) is 2.65. The van der Waals surface area contributed by atoms with E-state index in [1.807, 2.05) is 0 Å². The first-order chi connectivity index (χ1) is 14.5. The highest BCUT2D eigenvalue weighted by atomic mass is 19.2. The Morgan fingerprint density at radius 1 is 0.484 bits per heavy atom. The van der Waals surface area contributed by atoms with Gasteiger partial charge in [0.05, 0.1) is 0 Å². The van der Waals surface area contributed by atoms with E-state index in [2.05, 4.69) is 0 Å². The maximum absolute atomic E-state index is 14.3. The fourth-order valence-electron chi connectivity index (χ4n) is 2.65. The lowest BCUT2D eigenvalue weighted by Gasteiger charge is -2.15. The van der Waals surface area contributed by atoms with Crippen LogP contribution in [0.2, 0.25) is 0 Å². The van der Waals surface area contributed by atoms with Crippen molar-refractivity contribution in [3.8, 4) is 0 Å². The SMILES string of the molecule is [O-][N+](=C(c1c(F)c(F)c(F)c(F)c1F)c1c(F)c(F)c(F)c(F)c1F)c1ccccc1. The number of nitrogens with zero attached hydrogens (tertiary/aromatic N) is 1. The topological polar surface area (TPSA) is 26.1 Å². The van der Waals surface area contributed by atoms with E-state index in [4.69, 9.17) is 0 Å². The largest absolute Gasteiger partial charge is 0.618 e. The molecule has 0 aliphatic rings. The summed E-state index contributed by atoms with van der Waals surface area (Å²) in [5.74, 6) is -26.7. The van der Waals surface area contributed by atoms with Gasteiger partial charge in [-0.2, -0.15) is 4.74 Å². The third-order valence-corrected chi connectivity index (χ3v) is 4.09. The summed E-state index contributed by atoms with van der Waals surface area (Å²) in [7, 11) is 0. The number of para-hydroxylation sites is 1. The molecule has 0 heterocycles. The molecule has 3 aromatic rings. The molecule has 0 fully saturated rings. The first-order valence-electron chi connectivity index (χ1n) is 7.93. The van der Waals surface area contributed by atoms with Crippen LogP contribution in [0.1, 0.15) is 11.1 Å². The highest BCUT2D eigenvalue weighted by Crippen LogP contribution is 2.31. The highest BCUT2D eigenvalue weighted by molar-refractivity contribution is 6.11. The van der Waals surface area contributed by atoms with Gasteiger partial charge in [0.2, 0.25) is 23.0 Å². The van der Waals surface area contributed by atoms with Gasteiger partial charge in [-0.05, 0) is 0 Å². The molecule has 0 saturated heterocycles. The van der Waals surface area contributed by atoms with Crippen molar-refractivity contribution in [2.75, 3.05) is 0 Å². The summed E-state index contributed by atoms with van der Waals surface area (Å²) in [6, 6.07) is 5.34. The second kappa shape index (κ2) is 7.93. The van der Waals surface area contributed by atoms with Crippen LogP contribution < -0.4 is 0 Å². The fraction of sp³-hybridized carbons (Fsp3) is 0. The molecule has 162 valence electrons. The van der Waals surface area contributed by atoms with Gasteiger partial charge in [-0.15, -0.1) is 0 Å². The maximum Gasteiger partial charge on any atom is 0.243 e. The summed E-state index contributed by atoms with van der Waals surface area (Å²) in [4.78, 5) is 0. The summed E-state index contributed by atoms with van der Waals surface area (Å²) >= 11 is 0. The lowest BCUT2D eigenvalue weighted by atomic mass is 9.98. The second-order valence-electron chi connectivity index (χ2n) is 5.87. The Morgan fingerprint density at radius 3 is 1.10 bits per heavy atom. The smallest absolute Gasteiger partial charge is 0.243 e. The van der Waals surface area contributed by atoms with Gasteiger partial charge in [-0.1, -0.05) is 18.2 Å². The summed E-state index contributed by atoms with van der Waals surface area (Å²) in [6.45, 7) is 0. The van der Waals surface area contributed by atoms with Crippen LogP contribution in [0.4, 0.5) is 49.6 Å². The van der Waals surface area contributed by atoms with Gasteiger partial charge in [-0.3, -0.25) is 0 Å². The number of hydrogen-bond donors (Lipinski definition) is 0. The van der Waals surface area contributed by atoms with Crippen molar-refractivity contribution in [2.24, 2.45) is 0 Å². The predicted octanol–water partition coefficient (Wildman–Crippen LogP) is 5.76. The Hall–Kier alpha value is -3.57. The number of benzene rings is 3. The van der Waals surface area contributed by atoms with Gasteiger partial charge in [0.15, 0.2) is 46.5 Å². The van der Waals surface area contributed by atoms with E-state index in [1.165, 1.54) is 6.07 Å². The molecule has 0 amide bonds. The zero-order valence-corrected chi connectivity index (χ0v) is 14.5. The normalized spacial score (nSPS) is 11.0. The van der Waals surface area contributed by atoms with E-state index in [0.717, 1.165) is 24.3 Å². The van der Waals surface area contributed by atoms with Crippen molar-refractivity contribution in [3.05, 3.63) is 105 Å². The average Bonchev–Trinajstić information content (AvgIpc) is 2.78. The van der Waals surface area contributed by atoms with Gasteiger partial charge in [0.1, 0.15) is 11.1 Å². The minimum Gasteiger partial charge on any atom is -0.618 e. The average molecular weight is 453 g/mol. The first-order valence-corrected chi connectivity index (χ1v) is 7.93. The first kappa shape index (κ1) is 22.1. The Balaban J connectivity index is 2.60. The van der Waals surface area contributed by atoms with Gasteiger partial charge in [0, 0.05) is 12.1 Å². The van der Waals surface area contributed by atoms with Crippen molar-refractivity contribution in [1.82, 2.24) is 0 Å². The number of halogens is 10. The van der Waals surface area contributed by atoms with E-state index in [0.29, 0.717) is 0 Å². The molecule has 0 spiro atoms. The van der Waals surface area contributed by atoms with Crippen molar-refractivity contribution in [2.45, 2.75) is 0 Å². The number of hydrogen-bond acceptors (Lipinski definition) is 1. The summed E-state index contributed by atoms with van der Waals surface area (Å²) in [5, 5.41) is 12.7. The summed E-state index contributed by atoms with van der Waals surface area (Å²) in [6.07, 6.45) is 0. The summed E-state index contributed by atoms with van der Waals surface area (Å²) in [5.41, 5.74) is -7.12. The molecule has 2 nitrogen and oxygen atoms in total. The van der Waals surface area contributed by atoms with Gasteiger partial charge in [0.25, 0.3) is 0 Å². The molecule has 0 saturated carbocycles. The van der Waals surface area contributed by atoms with Crippen LogP contribution in [-0.4, -0.2) is 10.5 Å². The molecule has 0 aliphatic carbocycles. The Kier molecular flexibility index (Phi) is 5.66. The van der Waals surface area contributed by atoms with E-state index in [1.54, 1.807) is 0 Å². The molecule has 0 N–H and O–H groups in total. The third kappa shape index (κ3) is 3.37. The molecule has 12 heteroatoms. The quantitative estimate of drug-likeness (QED) is 0.0943. The molecule has 0 unspecified atom stereocenters. The standard InChI is InChI=1S/C19H5F10NO/c20-9-7(10(21)14(25)17(28)13(9)24)19(30(31)6-4-2-1-3-5-6)8-11(22)15(26)18(29)16(27)12(8)23/h1-5H. The molecule has 0 atom stereocenters. The van der Waals surface area contributed by atoms with Crippen LogP contribution in [0.15, 0.2) is 30.3 Å². The van der Waals surface area contributed by atoms with Crippen molar-refractivity contribution < 1.29 is 48.6 Å². The molecule has 0 aromatic heterocycles. The molecule has 3 aromatic carbocycles. The monoisotopic (exact) mass is 453 g/mol. The minimum absolute atomic E-state index is 0.689. The lowest BCUT2D eigenvalue weighted by Crippen LogP contribution is -2.25. The van der Waals surface area contributed by atoms with E-state index in [9.17, 15) is 49.1 Å². The van der Waals surface area contributed by atoms with Crippen molar-refractivity contribution >= 4 is 11.4 Å². The van der Waals surface area contributed by atoms with E-state index in [-0.39, 0.29) is 0 Å². The lowest BCUT2D eigenvalue weighted by molar-refractivity contribution is -0.359. The second-order valence-corrected chi connectivity index (χ2v) is 5.87. The van der Waals surface area contributed by atoms with Crippen LogP contribution in [0, 0.1) is 63.4 Å². The maximum atomic E-state index is 14.3. The zero-order chi connectivity index (χ0) is 23.2. The van der Waals surface area contributed by atoms with Crippen LogP contribution in [-0.2, 0) is 0 Å². The van der Waals surface area contributed by atoms with Crippen LogP contribution in [0.5, 0.6) is 0 Å². The van der Waals surface area contributed by atoms with Gasteiger partial charge < -0.3 is 5.21 Å². The number of rotatable bonds is 3. The Bertz CT molecular complexity index is 1110. The van der Waals surface area contributed by atoms with E-state index >= 15 is 0 Å². The predicted molar refractivity (Wildman–Crippen MR) is 85.4 cm³/mol. The van der Waals surface area contributed by atoms with Crippen LogP contribution in [0.3, 0.4) is 0 Å². The van der Waals surface area contributed by atoms with Gasteiger partial charge in [-0.25, -0.2) is 43.9 Å². The Labute approximate surface area is 165 Å². The van der Waals surface area contributed by atoms with Crippen molar-refractivity contribution in [3.63, 3.8) is 0 Å². The van der Waals surface area contributed by atoms with Gasteiger partial charge >= 0.3 is 0 Å². The summed E-state index contributed by atoms with van der Waals surface area (Å²) < 4.78 is 138. The van der Waals surface area contributed by atoms with Crippen LogP contribution >= 0.6 is 0 Å². The molecular weight excluding hydrogens is 448 g/mol.